The molecular weight excluding hydrogens is 300 g/mol. The second-order valence-electron chi connectivity index (χ2n) is 3.80. The number of H-pyrrole nitrogens is 1. The van der Waals surface area contributed by atoms with E-state index >= 15 is 0 Å². The summed E-state index contributed by atoms with van der Waals surface area (Å²) in [4.78, 5) is 1.33. The molecule has 1 atom stereocenters. The monoisotopic (exact) mass is 314 g/mol. The Bertz CT molecular complexity index is 440. The average Bonchev–Trinajstić information content (AvgIpc) is 2.96. The first-order chi connectivity index (χ1) is 8.31. The molecule has 92 valence electrons. The third-order valence-electron chi connectivity index (χ3n) is 2.51. The van der Waals surface area contributed by atoms with E-state index in [0.29, 0.717) is 0 Å². The van der Waals surface area contributed by atoms with Crippen LogP contribution in [0.25, 0.3) is 0 Å². The molecule has 0 aromatic carbocycles. The third-order valence-corrected chi connectivity index (χ3v) is 4.46. The highest BCUT2D eigenvalue weighted by Gasteiger charge is 2.16. The van der Waals surface area contributed by atoms with Gasteiger partial charge in [-0.15, -0.1) is 11.3 Å². The highest BCUT2D eigenvalue weighted by molar-refractivity contribution is 9.10. The molecule has 6 heteroatoms. The lowest BCUT2D eigenvalue weighted by Crippen LogP contribution is -2.24. The molecule has 0 aliphatic heterocycles. The van der Waals surface area contributed by atoms with Gasteiger partial charge in [-0.25, -0.2) is 0 Å². The van der Waals surface area contributed by atoms with Crippen molar-refractivity contribution in [3.63, 3.8) is 0 Å². The van der Waals surface area contributed by atoms with E-state index in [1.807, 2.05) is 0 Å². The number of rotatable bonds is 6. The number of hydrogen-bond donors (Lipinski definition) is 2. The Morgan fingerprint density at radius 3 is 3.06 bits per heavy atom. The normalized spacial score (nSPS) is 12.8. The van der Waals surface area contributed by atoms with Gasteiger partial charge in [-0.1, -0.05) is 6.92 Å². The smallest absolute Gasteiger partial charge is 0.0997 e. The van der Waals surface area contributed by atoms with E-state index < -0.39 is 0 Å². The quantitative estimate of drug-likeness (QED) is 0.862. The fourth-order valence-corrected chi connectivity index (χ4v) is 3.20. The van der Waals surface area contributed by atoms with Crippen molar-refractivity contribution in [3.05, 3.63) is 32.7 Å². The molecule has 0 aliphatic rings. The average molecular weight is 315 g/mol. The van der Waals surface area contributed by atoms with Crippen LogP contribution in [0.3, 0.4) is 0 Å². The minimum Gasteiger partial charge on any atom is -0.308 e. The van der Waals surface area contributed by atoms with Gasteiger partial charge in [0.1, 0.15) is 0 Å². The Kier molecular flexibility index (Phi) is 4.70. The van der Waals surface area contributed by atoms with Crippen molar-refractivity contribution >= 4 is 27.3 Å². The molecule has 2 heterocycles. The second kappa shape index (κ2) is 6.28. The molecule has 0 spiro atoms. The van der Waals surface area contributed by atoms with Crippen LogP contribution in [0.2, 0.25) is 0 Å². The van der Waals surface area contributed by atoms with Crippen LogP contribution in [0.5, 0.6) is 0 Å². The Labute approximate surface area is 113 Å². The van der Waals surface area contributed by atoms with E-state index in [1.54, 1.807) is 17.5 Å². The largest absolute Gasteiger partial charge is 0.308 e. The summed E-state index contributed by atoms with van der Waals surface area (Å²) in [5, 5.41) is 16.3. The minimum atomic E-state index is 0.226. The molecule has 2 aromatic rings. The van der Waals surface area contributed by atoms with Crippen LogP contribution >= 0.6 is 27.3 Å². The molecule has 17 heavy (non-hydrogen) atoms. The van der Waals surface area contributed by atoms with Gasteiger partial charge < -0.3 is 5.32 Å². The van der Waals surface area contributed by atoms with Gasteiger partial charge in [0.25, 0.3) is 0 Å². The summed E-state index contributed by atoms with van der Waals surface area (Å²) in [7, 11) is 0. The number of nitrogens with one attached hydrogen (secondary N) is 2. The molecule has 0 saturated heterocycles. The van der Waals surface area contributed by atoms with Crippen LogP contribution < -0.4 is 5.32 Å². The SMILES string of the molecule is CCCNC(Cc1sccc1Br)c1cn[nH]n1. The zero-order valence-corrected chi connectivity index (χ0v) is 12.0. The standard InChI is InChI=1S/C11H15BrN4S/c1-2-4-13-9(10-7-14-16-15-10)6-11-8(12)3-5-17-11/h3,5,7,9,13H,2,4,6H2,1H3,(H,14,15,16). The summed E-state index contributed by atoms with van der Waals surface area (Å²) < 4.78 is 1.18. The fourth-order valence-electron chi connectivity index (χ4n) is 1.63. The molecular formula is C11H15BrN4S. The Hall–Kier alpha value is -0.720. The second-order valence-corrected chi connectivity index (χ2v) is 5.65. The molecule has 0 bridgehead atoms. The summed E-state index contributed by atoms with van der Waals surface area (Å²) in [5.74, 6) is 0. The molecule has 2 rings (SSSR count). The molecule has 2 aromatic heterocycles. The summed E-state index contributed by atoms with van der Waals surface area (Å²) in [5.41, 5.74) is 0.971. The summed E-state index contributed by atoms with van der Waals surface area (Å²) in [6.45, 7) is 3.15. The first kappa shape index (κ1) is 12.7. The van der Waals surface area contributed by atoms with Gasteiger partial charge in [0, 0.05) is 15.8 Å². The molecule has 0 amide bonds. The lowest BCUT2D eigenvalue weighted by molar-refractivity contribution is 0.519. The van der Waals surface area contributed by atoms with Gasteiger partial charge in [0.05, 0.1) is 17.9 Å². The van der Waals surface area contributed by atoms with Crippen LogP contribution in [-0.2, 0) is 6.42 Å². The lowest BCUT2D eigenvalue weighted by Gasteiger charge is -2.15. The maximum atomic E-state index is 4.17. The number of hydrogen-bond acceptors (Lipinski definition) is 4. The van der Waals surface area contributed by atoms with Crippen molar-refractivity contribution in [3.8, 4) is 0 Å². The van der Waals surface area contributed by atoms with Gasteiger partial charge in [0.15, 0.2) is 0 Å². The van der Waals surface area contributed by atoms with Gasteiger partial charge in [-0.3, -0.25) is 0 Å². The Morgan fingerprint density at radius 1 is 1.59 bits per heavy atom. The van der Waals surface area contributed by atoms with E-state index in [1.165, 1.54) is 9.35 Å². The van der Waals surface area contributed by atoms with Gasteiger partial charge >= 0.3 is 0 Å². The zero-order chi connectivity index (χ0) is 12.1. The van der Waals surface area contributed by atoms with E-state index in [9.17, 15) is 0 Å². The van der Waals surface area contributed by atoms with Crippen LogP contribution in [-0.4, -0.2) is 22.0 Å². The molecule has 4 nitrogen and oxygen atoms in total. The molecule has 0 aliphatic carbocycles. The Balaban J connectivity index is 2.08. The number of aromatic nitrogens is 3. The highest BCUT2D eigenvalue weighted by atomic mass is 79.9. The molecule has 0 radical (unpaired) electrons. The molecule has 0 fully saturated rings. The van der Waals surface area contributed by atoms with Gasteiger partial charge in [-0.2, -0.15) is 15.4 Å². The maximum absolute atomic E-state index is 4.17. The highest BCUT2D eigenvalue weighted by Crippen LogP contribution is 2.27. The summed E-state index contributed by atoms with van der Waals surface area (Å²) in [6.07, 6.45) is 3.83. The molecule has 2 N–H and O–H groups in total. The Morgan fingerprint density at radius 2 is 2.47 bits per heavy atom. The number of halogens is 1. The number of nitrogens with zero attached hydrogens (tertiary/aromatic N) is 2. The van der Waals surface area contributed by atoms with Crippen LogP contribution in [0.1, 0.15) is 30.0 Å². The van der Waals surface area contributed by atoms with Crippen molar-refractivity contribution in [2.45, 2.75) is 25.8 Å². The topological polar surface area (TPSA) is 53.6 Å². The van der Waals surface area contributed by atoms with Crippen molar-refractivity contribution in [2.75, 3.05) is 6.54 Å². The first-order valence-electron chi connectivity index (χ1n) is 5.62. The predicted octanol–water partition coefficient (Wildman–Crippen LogP) is 2.91. The van der Waals surface area contributed by atoms with Crippen molar-refractivity contribution in [1.29, 1.82) is 0 Å². The minimum absolute atomic E-state index is 0.226. The van der Waals surface area contributed by atoms with E-state index in [0.717, 1.165) is 25.1 Å². The van der Waals surface area contributed by atoms with E-state index in [2.05, 4.69) is 55.0 Å². The zero-order valence-electron chi connectivity index (χ0n) is 9.61. The van der Waals surface area contributed by atoms with Crippen molar-refractivity contribution < 1.29 is 0 Å². The van der Waals surface area contributed by atoms with Crippen molar-refractivity contribution in [2.24, 2.45) is 0 Å². The van der Waals surface area contributed by atoms with Crippen molar-refractivity contribution in [1.82, 2.24) is 20.7 Å². The van der Waals surface area contributed by atoms with Gasteiger partial charge in [0.2, 0.25) is 0 Å². The van der Waals surface area contributed by atoms with E-state index in [4.69, 9.17) is 0 Å². The fraction of sp³-hybridized carbons (Fsp3) is 0.455. The number of thiophene rings is 1. The predicted molar refractivity (Wildman–Crippen MR) is 73.1 cm³/mol. The van der Waals surface area contributed by atoms with Gasteiger partial charge in [-0.05, 0) is 40.3 Å². The molecule has 1 unspecified atom stereocenters. The van der Waals surface area contributed by atoms with Crippen LogP contribution in [0, 0.1) is 0 Å². The third kappa shape index (κ3) is 3.37. The maximum Gasteiger partial charge on any atom is 0.0997 e. The van der Waals surface area contributed by atoms with E-state index in [-0.39, 0.29) is 6.04 Å². The lowest BCUT2D eigenvalue weighted by atomic mass is 10.1. The summed E-state index contributed by atoms with van der Waals surface area (Å²) in [6, 6.07) is 2.31. The summed E-state index contributed by atoms with van der Waals surface area (Å²) >= 11 is 5.33. The van der Waals surface area contributed by atoms with Crippen LogP contribution in [0.4, 0.5) is 0 Å². The first-order valence-corrected chi connectivity index (χ1v) is 7.29. The number of aromatic amines is 1. The van der Waals surface area contributed by atoms with Crippen LogP contribution in [0.15, 0.2) is 22.1 Å². The molecule has 0 saturated carbocycles.